The van der Waals surface area contributed by atoms with E-state index in [1.165, 1.54) is 0 Å². The number of aliphatic hydroxyl groups excluding tert-OH is 1. The highest BCUT2D eigenvalue weighted by atomic mass is 16.6. The van der Waals surface area contributed by atoms with E-state index in [1.54, 1.807) is 0 Å². The molecule has 2 fully saturated rings. The number of carbonyl (C=O) groups is 1. The smallest absolute Gasteiger partial charge is 0.334 e. The summed E-state index contributed by atoms with van der Waals surface area (Å²) in [5.74, 6) is -0.124. The Morgan fingerprint density at radius 1 is 1.64 bits per heavy atom. The van der Waals surface area contributed by atoms with E-state index < -0.39 is 11.7 Å². The van der Waals surface area contributed by atoms with Crippen molar-refractivity contribution >= 4 is 5.97 Å². The third-order valence-electron chi connectivity index (χ3n) is 3.43. The van der Waals surface area contributed by atoms with Gasteiger partial charge in [0, 0.05) is 12.0 Å². The Morgan fingerprint density at radius 2 is 2.36 bits per heavy atom. The standard InChI is InChI=1S/C11H16O3/c1-7-4-3-5-11(9(7)12)6-8(2)10(13)14-11/h7,9,12H,2-6H2,1H3. The van der Waals surface area contributed by atoms with Crippen molar-refractivity contribution in [2.45, 2.75) is 44.3 Å². The lowest BCUT2D eigenvalue weighted by molar-refractivity contribution is -0.168. The number of hydrogen-bond acceptors (Lipinski definition) is 3. The summed E-state index contributed by atoms with van der Waals surface area (Å²) in [6, 6.07) is 0. The summed E-state index contributed by atoms with van der Waals surface area (Å²) >= 11 is 0. The molecule has 0 aromatic rings. The van der Waals surface area contributed by atoms with E-state index in [-0.39, 0.29) is 11.9 Å². The van der Waals surface area contributed by atoms with Crippen molar-refractivity contribution in [3.63, 3.8) is 0 Å². The molecule has 1 N–H and O–H groups in total. The van der Waals surface area contributed by atoms with Crippen molar-refractivity contribution in [1.82, 2.24) is 0 Å². The van der Waals surface area contributed by atoms with E-state index in [4.69, 9.17) is 4.74 Å². The zero-order chi connectivity index (χ0) is 10.3. The van der Waals surface area contributed by atoms with E-state index in [1.807, 2.05) is 6.92 Å². The predicted molar refractivity (Wildman–Crippen MR) is 51.6 cm³/mol. The molecular formula is C11H16O3. The molecule has 2 aliphatic rings. The number of rotatable bonds is 0. The van der Waals surface area contributed by atoms with Crippen LogP contribution < -0.4 is 0 Å². The monoisotopic (exact) mass is 196 g/mol. The molecule has 1 spiro atoms. The molecule has 0 bridgehead atoms. The Balaban J connectivity index is 2.23. The highest BCUT2D eigenvalue weighted by molar-refractivity contribution is 5.90. The largest absolute Gasteiger partial charge is 0.453 e. The van der Waals surface area contributed by atoms with Crippen LogP contribution >= 0.6 is 0 Å². The van der Waals surface area contributed by atoms with Crippen molar-refractivity contribution in [3.05, 3.63) is 12.2 Å². The number of esters is 1. The summed E-state index contributed by atoms with van der Waals surface area (Å²) in [6.45, 7) is 5.66. The minimum atomic E-state index is -0.647. The number of ether oxygens (including phenoxy) is 1. The van der Waals surface area contributed by atoms with Crippen LogP contribution in [-0.2, 0) is 9.53 Å². The topological polar surface area (TPSA) is 46.5 Å². The molecule has 1 aliphatic carbocycles. The van der Waals surface area contributed by atoms with Gasteiger partial charge in [-0.2, -0.15) is 0 Å². The fourth-order valence-corrected chi connectivity index (χ4v) is 2.58. The van der Waals surface area contributed by atoms with Crippen LogP contribution in [0.1, 0.15) is 32.6 Å². The van der Waals surface area contributed by atoms with Crippen LogP contribution in [0.4, 0.5) is 0 Å². The Kier molecular flexibility index (Phi) is 2.14. The molecule has 3 atom stereocenters. The number of carbonyl (C=O) groups excluding carboxylic acids is 1. The van der Waals surface area contributed by atoms with Crippen molar-refractivity contribution < 1.29 is 14.6 Å². The fourth-order valence-electron chi connectivity index (χ4n) is 2.58. The zero-order valence-electron chi connectivity index (χ0n) is 8.45. The normalized spacial score (nSPS) is 43.0. The minimum absolute atomic E-state index is 0.211. The van der Waals surface area contributed by atoms with Gasteiger partial charge in [0.15, 0.2) is 0 Å². The maximum atomic E-state index is 11.3. The summed E-state index contributed by atoms with van der Waals surface area (Å²) < 4.78 is 5.30. The molecule has 1 heterocycles. The molecule has 3 heteroatoms. The first-order valence-corrected chi connectivity index (χ1v) is 5.14. The van der Waals surface area contributed by atoms with Gasteiger partial charge in [-0.1, -0.05) is 13.5 Å². The molecule has 3 unspecified atom stereocenters. The van der Waals surface area contributed by atoms with Crippen LogP contribution in [-0.4, -0.2) is 22.8 Å². The fraction of sp³-hybridized carbons (Fsp3) is 0.727. The molecule has 1 aliphatic heterocycles. The second kappa shape index (κ2) is 3.09. The summed E-state index contributed by atoms with van der Waals surface area (Å²) in [4.78, 5) is 11.3. The molecule has 0 radical (unpaired) electrons. The van der Waals surface area contributed by atoms with E-state index in [2.05, 4.69) is 6.58 Å². The minimum Gasteiger partial charge on any atom is -0.453 e. The van der Waals surface area contributed by atoms with Crippen LogP contribution in [0, 0.1) is 5.92 Å². The number of hydrogen-bond donors (Lipinski definition) is 1. The summed E-state index contributed by atoms with van der Waals surface area (Å²) in [6.07, 6.45) is 2.76. The third-order valence-corrected chi connectivity index (χ3v) is 3.43. The average molecular weight is 196 g/mol. The quantitative estimate of drug-likeness (QED) is 0.470. The van der Waals surface area contributed by atoms with Crippen LogP contribution in [0.2, 0.25) is 0 Å². The molecule has 3 nitrogen and oxygen atoms in total. The number of aliphatic hydroxyl groups is 1. The highest BCUT2D eigenvalue weighted by Crippen LogP contribution is 2.43. The first-order valence-electron chi connectivity index (χ1n) is 5.14. The van der Waals surface area contributed by atoms with Crippen LogP contribution in [0.15, 0.2) is 12.2 Å². The molecule has 0 aromatic heterocycles. The molecule has 1 saturated heterocycles. The van der Waals surface area contributed by atoms with Crippen LogP contribution in [0.3, 0.4) is 0 Å². The van der Waals surface area contributed by atoms with E-state index >= 15 is 0 Å². The van der Waals surface area contributed by atoms with Gasteiger partial charge in [-0.3, -0.25) is 0 Å². The summed E-state index contributed by atoms with van der Waals surface area (Å²) in [5.41, 5.74) is -0.149. The van der Waals surface area contributed by atoms with Crippen molar-refractivity contribution in [1.29, 1.82) is 0 Å². The van der Waals surface area contributed by atoms with Crippen molar-refractivity contribution in [2.24, 2.45) is 5.92 Å². The molecule has 1 saturated carbocycles. The van der Waals surface area contributed by atoms with Gasteiger partial charge in [-0.25, -0.2) is 4.79 Å². The molecule has 0 aromatic carbocycles. The van der Waals surface area contributed by atoms with Gasteiger partial charge in [0.2, 0.25) is 0 Å². The van der Waals surface area contributed by atoms with Gasteiger partial charge in [-0.15, -0.1) is 0 Å². The lowest BCUT2D eigenvalue weighted by Gasteiger charge is -2.40. The van der Waals surface area contributed by atoms with Gasteiger partial charge < -0.3 is 9.84 Å². The predicted octanol–water partition coefficient (Wildman–Crippen LogP) is 1.41. The van der Waals surface area contributed by atoms with E-state index in [0.29, 0.717) is 12.0 Å². The van der Waals surface area contributed by atoms with Gasteiger partial charge in [0.05, 0.1) is 6.10 Å². The van der Waals surface area contributed by atoms with E-state index in [0.717, 1.165) is 19.3 Å². The molecule has 0 amide bonds. The maximum Gasteiger partial charge on any atom is 0.334 e. The second-order valence-electron chi connectivity index (χ2n) is 4.55. The Hall–Kier alpha value is -0.830. The van der Waals surface area contributed by atoms with Crippen molar-refractivity contribution in [3.8, 4) is 0 Å². The lowest BCUT2D eigenvalue weighted by atomic mass is 9.74. The molecule has 14 heavy (non-hydrogen) atoms. The molecule has 2 rings (SSSR count). The molecular weight excluding hydrogens is 180 g/mol. The third kappa shape index (κ3) is 1.27. The molecule has 78 valence electrons. The van der Waals surface area contributed by atoms with Gasteiger partial charge in [0.1, 0.15) is 5.60 Å². The zero-order valence-corrected chi connectivity index (χ0v) is 8.45. The second-order valence-corrected chi connectivity index (χ2v) is 4.55. The SMILES string of the molecule is C=C1CC2(CCCC(C)C2O)OC1=O. The van der Waals surface area contributed by atoms with Crippen LogP contribution in [0.25, 0.3) is 0 Å². The average Bonchev–Trinajstić information content (AvgIpc) is 2.40. The van der Waals surface area contributed by atoms with Crippen molar-refractivity contribution in [2.75, 3.05) is 0 Å². The lowest BCUT2D eigenvalue weighted by Crippen LogP contribution is -2.48. The summed E-state index contributed by atoms with van der Waals surface area (Å²) in [7, 11) is 0. The van der Waals surface area contributed by atoms with E-state index in [9.17, 15) is 9.90 Å². The Labute approximate surface area is 83.8 Å². The summed E-state index contributed by atoms with van der Waals surface area (Å²) in [5, 5.41) is 10.0. The first kappa shape index (κ1) is 9.71. The Morgan fingerprint density at radius 3 is 2.93 bits per heavy atom. The van der Waals surface area contributed by atoms with Gasteiger partial charge in [-0.05, 0) is 25.2 Å². The van der Waals surface area contributed by atoms with Gasteiger partial charge >= 0.3 is 5.97 Å². The highest BCUT2D eigenvalue weighted by Gasteiger charge is 2.51. The first-order chi connectivity index (χ1) is 6.55. The van der Waals surface area contributed by atoms with Crippen LogP contribution in [0.5, 0.6) is 0 Å². The maximum absolute atomic E-state index is 11.3. The van der Waals surface area contributed by atoms with Gasteiger partial charge in [0.25, 0.3) is 0 Å². The Bertz CT molecular complexity index is 266.